The number of aromatic nitrogens is 1. The molecule has 41 heavy (non-hydrogen) atoms. The fourth-order valence-electron chi connectivity index (χ4n) is 4.17. The summed E-state index contributed by atoms with van der Waals surface area (Å²) in [5, 5.41) is 25.2. The van der Waals surface area contributed by atoms with E-state index in [1.807, 2.05) is 0 Å². The van der Waals surface area contributed by atoms with E-state index >= 15 is 0 Å². The highest BCUT2D eigenvalue weighted by molar-refractivity contribution is 7.86. The van der Waals surface area contributed by atoms with Crippen LogP contribution in [0, 0.1) is 0 Å². The Bertz CT molecular complexity index is 2040. The summed E-state index contributed by atoms with van der Waals surface area (Å²) in [5.74, 6) is 0. The molecule has 5 rings (SSSR count). The van der Waals surface area contributed by atoms with Crippen molar-refractivity contribution in [3.8, 4) is 0 Å². The summed E-state index contributed by atoms with van der Waals surface area (Å²) in [7, 11) is -9.54. The first-order valence-electron chi connectivity index (χ1n) is 11.8. The maximum absolute atomic E-state index is 13.1. The Morgan fingerprint density at radius 3 is 1.76 bits per heavy atom. The Balaban J connectivity index is 0.000000515. The Kier molecular flexibility index (Phi) is 9.80. The molecular weight excluding hydrogens is 586 g/mol. The highest BCUT2D eigenvalue weighted by Gasteiger charge is 2.26. The lowest BCUT2D eigenvalue weighted by atomic mass is 9.96. The van der Waals surface area contributed by atoms with Gasteiger partial charge in [-0.3, -0.25) is 23.3 Å². The van der Waals surface area contributed by atoms with Gasteiger partial charge in [-0.2, -0.15) is 16.8 Å². The molecule has 2 aromatic heterocycles. The van der Waals surface area contributed by atoms with E-state index in [1.165, 1.54) is 18.2 Å². The molecule has 0 aliphatic heterocycles. The molecule has 9 N–H and O–H groups in total. The van der Waals surface area contributed by atoms with Gasteiger partial charge in [0.1, 0.15) is 16.1 Å². The second kappa shape index (κ2) is 12.6. The third-order valence-corrected chi connectivity index (χ3v) is 7.49. The van der Waals surface area contributed by atoms with Gasteiger partial charge in [0, 0.05) is 46.8 Å². The van der Waals surface area contributed by atoms with Gasteiger partial charge < -0.3 is 31.2 Å². The second-order valence-electron chi connectivity index (χ2n) is 8.38. The Hall–Kier alpha value is -3.52. The van der Waals surface area contributed by atoms with Crippen molar-refractivity contribution in [3.05, 3.63) is 57.1 Å². The van der Waals surface area contributed by atoms with Crippen LogP contribution < -0.4 is 22.6 Å². The first-order chi connectivity index (χ1) is 19.3. The van der Waals surface area contributed by atoms with Gasteiger partial charge in [0.2, 0.25) is 0 Å². The number of benzene rings is 3. The highest BCUT2D eigenvalue weighted by atomic mass is 32.2. The van der Waals surface area contributed by atoms with E-state index in [4.69, 9.17) is 26.1 Å². The van der Waals surface area contributed by atoms with E-state index in [-0.39, 0.29) is 47.1 Å². The second-order valence-corrected chi connectivity index (χ2v) is 11.2. The number of pyridine rings is 1. The predicted octanol–water partition coefficient (Wildman–Crippen LogP) is -0.787. The van der Waals surface area contributed by atoms with Gasteiger partial charge in [0.15, 0.2) is 0 Å². The fraction of sp³-hybridized carbons (Fsp3) is 0.250. The maximum atomic E-state index is 13.1. The fourth-order valence-corrected chi connectivity index (χ4v) is 5.37. The quantitative estimate of drug-likeness (QED) is 0.0702. The molecule has 222 valence electrons. The zero-order chi connectivity index (χ0) is 30.7. The number of hydrogen-bond donors (Lipinski definition) is 7. The van der Waals surface area contributed by atoms with Crippen LogP contribution in [0.15, 0.2) is 60.2 Å². The molecule has 0 aliphatic rings. The average molecular weight is 614 g/mol. The zero-order valence-corrected chi connectivity index (χ0v) is 22.9. The van der Waals surface area contributed by atoms with Gasteiger partial charge in [-0.1, -0.05) is 6.07 Å². The number of rotatable bonds is 6. The van der Waals surface area contributed by atoms with Crippen LogP contribution in [0.2, 0.25) is 0 Å². The smallest absolute Gasteiger partial charge is 0.295 e. The van der Waals surface area contributed by atoms with Crippen molar-refractivity contribution < 1.29 is 45.7 Å². The minimum atomic E-state index is -4.98. The van der Waals surface area contributed by atoms with Crippen molar-refractivity contribution in [1.29, 1.82) is 0 Å². The van der Waals surface area contributed by atoms with Crippen LogP contribution in [0.4, 0.5) is 0 Å². The first kappa shape index (κ1) is 32.0. The third kappa shape index (κ3) is 6.22. The normalized spacial score (nSPS) is 12.0. The molecular formula is C24H27N3O12S2. The average Bonchev–Trinajstić information content (AvgIpc) is 2.93. The summed E-state index contributed by atoms with van der Waals surface area (Å²) >= 11 is 0. The molecule has 0 spiro atoms. The molecule has 0 bridgehead atoms. The van der Waals surface area contributed by atoms with Crippen LogP contribution >= 0.6 is 0 Å². The number of hydrogen-bond acceptors (Lipinski definition) is 12. The van der Waals surface area contributed by atoms with Crippen LogP contribution in [-0.2, 0) is 26.8 Å². The Morgan fingerprint density at radius 2 is 1.24 bits per heavy atom. The van der Waals surface area contributed by atoms with Gasteiger partial charge in [0.05, 0.1) is 36.6 Å². The Morgan fingerprint density at radius 1 is 0.683 bits per heavy atom. The third-order valence-electron chi connectivity index (χ3n) is 5.77. The summed E-state index contributed by atoms with van der Waals surface area (Å²) in [4.78, 5) is 24.8. The van der Waals surface area contributed by atoms with Crippen molar-refractivity contribution >= 4 is 63.7 Å². The van der Waals surface area contributed by atoms with Crippen molar-refractivity contribution in [1.82, 2.24) is 4.57 Å². The molecule has 0 fully saturated rings. The summed E-state index contributed by atoms with van der Waals surface area (Å²) in [6.45, 7) is 0.00464. The minimum Gasteiger partial charge on any atom is -0.456 e. The van der Waals surface area contributed by atoms with Gasteiger partial charge in [0.25, 0.3) is 31.4 Å². The summed E-state index contributed by atoms with van der Waals surface area (Å²) in [6, 6.07) is 7.34. The largest absolute Gasteiger partial charge is 0.456 e. The highest BCUT2D eigenvalue weighted by Crippen LogP contribution is 2.39. The lowest BCUT2D eigenvalue weighted by Gasteiger charge is -2.15. The molecule has 15 nitrogen and oxygen atoms in total. The monoisotopic (exact) mass is 613 g/mol. The lowest BCUT2D eigenvalue weighted by molar-refractivity contribution is 0.273. The summed E-state index contributed by atoms with van der Waals surface area (Å²) < 4.78 is 72.9. The summed E-state index contributed by atoms with van der Waals surface area (Å²) in [6.07, 6.45) is 0. The molecule has 3 aromatic carbocycles. The molecule has 17 heteroatoms. The number of nitrogens with two attached hydrogens (primary N) is 2. The van der Waals surface area contributed by atoms with Crippen LogP contribution in [-0.4, -0.2) is 78.7 Å². The zero-order valence-electron chi connectivity index (χ0n) is 21.2. The molecule has 0 saturated carbocycles. The van der Waals surface area contributed by atoms with E-state index < -0.39 is 53.1 Å². The molecule has 5 aromatic rings. The molecule has 0 saturated heterocycles. The topological polar surface area (TPSA) is 274 Å². The molecule has 0 amide bonds. The van der Waals surface area contributed by atoms with E-state index in [9.17, 15) is 40.6 Å². The van der Waals surface area contributed by atoms with Crippen molar-refractivity contribution in [2.45, 2.75) is 16.3 Å². The van der Waals surface area contributed by atoms with Gasteiger partial charge in [-0.05, 0) is 23.6 Å². The van der Waals surface area contributed by atoms with Crippen molar-refractivity contribution in [2.75, 3.05) is 32.9 Å². The molecule has 0 unspecified atom stereocenters. The van der Waals surface area contributed by atoms with Crippen LogP contribution in [0.1, 0.15) is 0 Å². The Labute approximate surface area is 231 Å². The van der Waals surface area contributed by atoms with Crippen LogP contribution in [0.5, 0.6) is 0 Å². The van der Waals surface area contributed by atoms with Gasteiger partial charge in [-0.25, -0.2) is 0 Å². The molecule has 0 atom stereocenters. The van der Waals surface area contributed by atoms with E-state index in [1.54, 1.807) is 0 Å². The SMILES string of the molecule is NCCO.NCCO.O=c1c2ccc3c4ccc(S(=O)(=O)O)cc4oc4cc(S(=O)(=O)O)c(c(=O)n1CCO)c2c43. The standard InChI is InChI=1S/C20H13NO10S2.2C2H7NO/c22-6-5-21-19(23)12-4-3-11-10-2-1-9(32(25,26)27)7-13(10)31-14-8-15(33(28,29)30)18(20(21)24)17(12)16(11)14;2*3-1-2-4/h1-4,7-8,22H,5-6H2,(H,25,26,27)(H,28,29,30);2*4H,1-3H2. The lowest BCUT2D eigenvalue weighted by Crippen LogP contribution is -2.35. The van der Waals surface area contributed by atoms with E-state index in [2.05, 4.69) is 0 Å². The molecule has 0 radical (unpaired) electrons. The maximum Gasteiger partial charge on any atom is 0.295 e. The van der Waals surface area contributed by atoms with Crippen molar-refractivity contribution in [2.24, 2.45) is 11.5 Å². The summed E-state index contributed by atoms with van der Waals surface area (Å²) in [5.41, 5.74) is 7.61. The predicted molar refractivity (Wildman–Crippen MR) is 149 cm³/mol. The van der Waals surface area contributed by atoms with Gasteiger partial charge >= 0.3 is 0 Å². The van der Waals surface area contributed by atoms with E-state index in [0.717, 1.165) is 18.2 Å². The van der Waals surface area contributed by atoms with Gasteiger partial charge in [-0.15, -0.1) is 0 Å². The van der Waals surface area contributed by atoms with Crippen LogP contribution in [0.25, 0.3) is 43.5 Å². The van der Waals surface area contributed by atoms with Crippen molar-refractivity contribution in [3.63, 3.8) is 0 Å². The minimum absolute atomic E-state index is 0.0302. The number of fused-ring (bicyclic) bond motifs is 2. The number of nitrogens with zero attached hydrogens (tertiary/aromatic N) is 1. The molecule has 0 aliphatic carbocycles. The first-order valence-corrected chi connectivity index (χ1v) is 14.6. The van der Waals surface area contributed by atoms with E-state index in [0.29, 0.717) is 28.4 Å². The number of aliphatic hydroxyl groups is 3. The molecule has 2 heterocycles. The number of aliphatic hydroxyl groups excluding tert-OH is 3. The van der Waals surface area contributed by atoms with Crippen LogP contribution in [0.3, 0.4) is 0 Å².